The van der Waals surface area contributed by atoms with Crippen LogP contribution in [-0.2, 0) is 0 Å². The van der Waals surface area contributed by atoms with Crippen LogP contribution in [-0.4, -0.2) is 25.5 Å². The van der Waals surface area contributed by atoms with E-state index in [4.69, 9.17) is 0 Å². The van der Waals surface area contributed by atoms with Crippen LogP contribution in [0.4, 0.5) is 0 Å². The molecule has 3 aromatic rings. The minimum Gasteiger partial charge on any atom is -0.341 e. The highest BCUT2D eigenvalue weighted by Crippen LogP contribution is 2.42. The van der Waals surface area contributed by atoms with Gasteiger partial charge in [-0.3, -0.25) is 4.79 Å². The van der Waals surface area contributed by atoms with Gasteiger partial charge in [-0.05, 0) is 43.2 Å². The lowest BCUT2D eigenvalue weighted by Gasteiger charge is -2.15. The van der Waals surface area contributed by atoms with Crippen molar-refractivity contribution in [2.24, 2.45) is 5.92 Å². The average Bonchev–Trinajstić information content (AvgIpc) is 3.02. The van der Waals surface area contributed by atoms with Crippen molar-refractivity contribution in [2.45, 2.75) is 25.8 Å². The summed E-state index contributed by atoms with van der Waals surface area (Å²) in [4.78, 5) is 22.0. The second kappa shape index (κ2) is 5.17. The van der Waals surface area contributed by atoms with Crippen molar-refractivity contribution in [3.05, 3.63) is 46.2 Å². The summed E-state index contributed by atoms with van der Waals surface area (Å²) in [6.07, 6.45) is 3.98. The van der Waals surface area contributed by atoms with Gasteiger partial charge in [-0.25, -0.2) is 9.50 Å². The van der Waals surface area contributed by atoms with Crippen molar-refractivity contribution < 1.29 is 4.79 Å². The van der Waals surface area contributed by atoms with E-state index in [0.29, 0.717) is 11.7 Å². The van der Waals surface area contributed by atoms with E-state index in [1.807, 2.05) is 24.4 Å². The zero-order valence-corrected chi connectivity index (χ0v) is 12.9. The van der Waals surface area contributed by atoms with Gasteiger partial charge in [-0.1, -0.05) is 6.07 Å². The molecule has 4 rings (SSSR count). The average molecular weight is 313 g/mol. The summed E-state index contributed by atoms with van der Waals surface area (Å²) in [6, 6.07) is 5.98. The highest BCUT2D eigenvalue weighted by molar-refractivity contribution is 7.10. The Morgan fingerprint density at radius 2 is 2.32 bits per heavy atom. The number of thiophene rings is 1. The Morgan fingerprint density at radius 3 is 3.00 bits per heavy atom. The van der Waals surface area contributed by atoms with Crippen LogP contribution < -0.4 is 5.32 Å². The summed E-state index contributed by atoms with van der Waals surface area (Å²) in [5, 5.41) is 9.38. The Kier molecular flexibility index (Phi) is 3.15. The lowest BCUT2D eigenvalue weighted by Crippen LogP contribution is -2.30. The number of carbonyl (C=O) groups is 1. The van der Waals surface area contributed by atoms with Crippen molar-refractivity contribution in [1.82, 2.24) is 24.9 Å². The van der Waals surface area contributed by atoms with Crippen molar-refractivity contribution in [2.75, 3.05) is 0 Å². The first-order valence-corrected chi connectivity index (χ1v) is 8.13. The largest absolute Gasteiger partial charge is 0.341 e. The van der Waals surface area contributed by atoms with E-state index in [2.05, 4.69) is 26.4 Å². The maximum Gasteiger partial charge on any atom is 0.291 e. The summed E-state index contributed by atoms with van der Waals surface area (Å²) >= 11 is 1.67. The van der Waals surface area contributed by atoms with Gasteiger partial charge in [0, 0.05) is 16.8 Å². The SMILES string of the molecule is Cc1ccnc2nc(C(=O)NC(c3cccs3)C3CC3)nn12. The molecule has 22 heavy (non-hydrogen) atoms. The van der Waals surface area contributed by atoms with Crippen LogP contribution in [0.15, 0.2) is 29.8 Å². The molecule has 0 aliphatic heterocycles. The van der Waals surface area contributed by atoms with E-state index in [9.17, 15) is 4.79 Å². The topological polar surface area (TPSA) is 72.2 Å². The molecule has 0 aromatic carbocycles. The number of nitrogens with zero attached hydrogens (tertiary/aromatic N) is 4. The summed E-state index contributed by atoms with van der Waals surface area (Å²) in [6.45, 7) is 1.91. The molecule has 0 saturated heterocycles. The van der Waals surface area contributed by atoms with Crippen LogP contribution in [0, 0.1) is 12.8 Å². The normalized spacial score (nSPS) is 15.9. The molecule has 7 heteroatoms. The fourth-order valence-corrected chi connectivity index (χ4v) is 3.40. The van der Waals surface area contributed by atoms with Crippen LogP contribution in [0.25, 0.3) is 5.78 Å². The Morgan fingerprint density at radius 1 is 1.45 bits per heavy atom. The number of nitrogens with one attached hydrogen (secondary N) is 1. The lowest BCUT2D eigenvalue weighted by atomic mass is 10.1. The summed E-state index contributed by atoms with van der Waals surface area (Å²) in [7, 11) is 0. The van der Waals surface area contributed by atoms with Crippen LogP contribution in [0.3, 0.4) is 0 Å². The highest BCUT2D eigenvalue weighted by atomic mass is 32.1. The first kappa shape index (κ1) is 13.4. The number of aryl methyl sites for hydroxylation is 1. The minimum atomic E-state index is -0.241. The molecular weight excluding hydrogens is 298 g/mol. The fraction of sp³-hybridized carbons (Fsp3) is 0.333. The molecule has 1 unspecified atom stereocenters. The van der Waals surface area contributed by atoms with Gasteiger partial charge in [0.05, 0.1) is 6.04 Å². The number of carbonyl (C=O) groups excluding carboxylic acids is 1. The quantitative estimate of drug-likeness (QED) is 0.802. The summed E-state index contributed by atoms with van der Waals surface area (Å²) < 4.78 is 1.59. The van der Waals surface area contributed by atoms with Crippen molar-refractivity contribution in [3.63, 3.8) is 0 Å². The third kappa shape index (κ3) is 2.37. The Bertz CT molecular complexity index is 822. The van der Waals surface area contributed by atoms with Gasteiger partial charge in [0.1, 0.15) is 0 Å². The number of hydrogen-bond acceptors (Lipinski definition) is 5. The first-order chi connectivity index (χ1) is 10.7. The lowest BCUT2D eigenvalue weighted by molar-refractivity contribution is 0.0922. The third-order valence-corrected chi connectivity index (χ3v) is 4.82. The van der Waals surface area contributed by atoms with E-state index in [1.165, 1.54) is 4.88 Å². The van der Waals surface area contributed by atoms with Gasteiger partial charge in [-0.15, -0.1) is 16.4 Å². The molecule has 112 valence electrons. The molecule has 1 N–H and O–H groups in total. The monoisotopic (exact) mass is 313 g/mol. The van der Waals surface area contributed by atoms with Crippen molar-refractivity contribution in [3.8, 4) is 0 Å². The van der Waals surface area contributed by atoms with E-state index >= 15 is 0 Å². The Labute approximate surface area is 131 Å². The molecule has 1 fully saturated rings. The number of amides is 1. The maximum absolute atomic E-state index is 12.5. The standard InChI is InChI=1S/C15H15N5OS/c1-9-6-7-16-15-18-13(19-20(9)15)14(21)17-12(10-4-5-10)11-3-2-8-22-11/h2-3,6-8,10,12H,4-5H2,1H3,(H,17,21). The first-order valence-electron chi connectivity index (χ1n) is 7.25. The Balaban J connectivity index is 1.61. The minimum absolute atomic E-state index is 0.0631. The third-order valence-electron chi connectivity index (χ3n) is 3.86. The molecular formula is C15H15N5OS. The Hall–Kier alpha value is -2.28. The van der Waals surface area contributed by atoms with Gasteiger partial charge in [0.25, 0.3) is 11.7 Å². The molecule has 1 atom stereocenters. The molecule has 0 radical (unpaired) electrons. The molecule has 3 heterocycles. The van der Waals surface area contributed by atoms with Crippen LogP contribution in [0.1, 0.15) is 40.1 Å². The van der Waals surface area contributed by atoms with Crippen LogP contribution in [0.5, 0.6) is 0 Å². The van der Waals surface area contributed by atoms with Gasteiger partial charge in [0.2, 0.25) is 5.82 Å². The second-order valence-electron chi connectivity index (χ2n) is 5.54. The number of rotatable bonds is 4. The van der Waals surface area contributed by atoms with E-state index < -0.39 is 0 Å². The van der Waals surface area contributed by atoms with E-state index in [1.54, 1.807) is 22.0 Å². The molecule has 1 saturated carbocycles. The predicted octanol–water partition coefficient (Wildman–Crippen LogP) is 2.38. The van der Waals surface area contributed by atoms with Gasteiger partial charge < -0.3 is 5.32 Å². The molecule has 1 amide bonds. The second-order valence-corrected chi connectivity index (χ2v) is 6.52. The molecule has 6 nitrogen and oxygen atoms in total. The van der Waals surface area contributed by atoms with Crippen molar-refractivity contribution in [1.29, 1.82) is 0 Å². The number of hydrogen-bond donors (Lipinski definition) is 1. The molecule has 3 aromatic heterocycles. The highest BCUT2D eigenvalue weighted by Gasteiger charge is 2.34. The maximum atomic E-state index is 12.5. The van der Waals surface area contributed by atoms with E-state index in [-0.39, 0.29) is 17.8 Å². The predicted molar refractivity (Wildman–Crippen MR) is 82.8 cm³/mol. The molecule has 1 aliphatic rings. The number of aromatic nitrogens is 4. The van der Waals surface area contributed by atoms with Crippen LogP contribution in [0.2, 0.25) is 0 Å². The summed E-state index contributed by atoms with van der Waals surface area (Å²) in [5.74, 6) is 0.906. The van der Waals surface area contributed by atoms with Crippen molar-refractivity contribution >= 4 is 23.0 Å². The smallest absolute Gasteiger partial charge is 0.291 e. The number of fused-ring (bicyclic) bond motifs is 1. The zero-order valence-electron chi connectivity index (χ0n) is 12.1. The van der Waals surface area contributed by atoms with E-state index in [0.717, 1.165) is 18.5 Å². The molecule has 0 spiro atoms. The van der Waals surface area contributed by atoms with Crippen LogP contribution >= 0.6 is 11.3 Å². The summed E-state index contributed by atoms with van der Waals surface area (Å²) in [5.41, 5.74) is 0.897. The van der Waals surface area contributed by atoms with Gasteiger partial charge in [0.15, 0.2) is 0 Å². The molecule has 0 bridgehead atoms. The van der Waals surface area contributed by atoms with Gasteiger partial charge >= 0.3 is 0 Å². The fourth-order valence-electron chi connectivity index (χ4n) is 2.53. The molecule has 1 aliphatic carbocycles. The van der Waals surface area contributed by atoms with Gasteiger partial charge in [-0.2, -0.15) is 4.98 Å². The zero-order chi connectivity index (χ0) is 15.1.